The van der Waals surface area contributed by atoms with Crippen LogP contribution in [0.2, 0.25) is 5.02 Å². The largest absolute Gasteiger partial charge is 0.411 e. The Morgan fingerprint density at radius 1 is 1.14 bits per heavy atom. The number of alkyl halides is 3. The molecule has 1 amide bonds. The summed E-state index contributed by atoms with van der Waals surface area (Å²) in [4.78, 5) is 12.4. The van der Waals surface area contributed by atoms with Gasteiger partial charge >= 0.3 is 6.18 Å². The SMILES string of the molecule is CC(COCC(F)(F)F)NC(=O)c1ccccc1NS(=O)(=O)c1ccc(Cl)cc1. The molecule has 11 heteroatoms. The lowest BCUT2D eigenvalue weighted by Gasteiger charge is -2.17. The standard InChI is InChI=1S/C18H18ClF3N2O4S/c1-12(10-28-11-18(20,21)22)23-17(25)15-4-2-3-5-16(15)24-29(26,27)14-8-6-13(19)7-9-14/h2-9,12,24H,10-11H2,1H3,(H,23,25). The van der Waals surface area contributed by atoms with Gasteiger partial charge in [-0.3, -0.25) is 9.52 Å². The van der Waals surface area contributed by atoms with Gasteiger partial charge in [0, 0.05) is 11.1 Å². The van der Waals surface area contributed by atoms with Gasteiger partial charge in [0.15, 0.2) is 0 Å². The van der Waals surface area contributed by atoms with E-state index in [4.69, 9.17) is 11.6 Å². The predicted octanol–water partition coefficient (Wildman–Crippen LogP) is 3.84. The summed E-state index contributed by atoms with van der Waals surface area (Å²) in [5.74, 6) is -0.664. The van der Waals surface area contributed by atoms with Crippen LogP contribution in [-0.2, 0) is 14.8 Å². The van der Waals surface area contributed by atoms with E-state index in [0.717, 1.165) is 0 Å². The van der Waals surface area contributed by atoms with Gasteiger partial charge in [-0.2, -0.15) is 13.2 Å². The molecule has 0 fully saturated rings. The van der Waals surface area contributed by atoms with Crippen molar-refractivity contribution in [3.05, 3.63) is 59.1 Å². The van der Waals surface area contributed by atoms with Crippen LogP contribution in [0.1, 0.15) is 17.3 Å². The number of ether oxygens (including phenoxy) is 1. The number of carbonyl (C=O) groups excluding carboxylic acids is 1. The van der Waals surface area contributed by atoms with Crippen molar-refractivity contribution < 1.29 is 31.1 Å². The molecule has 0 aliphatic carbocycles. The van der Waals surface area contributed by atoms with Crippen LogP contribution in [-0.4, -0.2) is 39.8 Å². The Bertz CT molecular complexity index is 950. The van der Waals surface area contributed by atoms with Crippen molar-refractivity contribution in [3.8, 4) is 0 Å². The van der Waals surface area contributed by atoms with E-state index in [1.54, 1.807) is 0 Å². The summed E-state index contributed by atoms with van der Waals surface area (Å²) in [7, 11) is -3.98. The number of amides is 1. The van der Waals surface area contributed by atoms with Gasteiger partial charge in [0.2, 0.25) is 0 Å². The van der Waals surface area contributed by atoms with Gasteiger partial charge in [-0.05, 0) is 43.3 Å². The Morgan fingerprint density at radius 2 is 1.76 bits per heavy atom. The predicted molar refractivity (Wildman–Crippen MR) is 103 cm³/mol. The third-order valence-electron chi connectivity index (χ3n) is 3.55. The Hall–Kier alpha value is -2.30. The number of benzene rings is 2. The number of hydrogen-bond donors (Lipinski definition) is 2. The molecule has 0 aliphatic rings. The number of nitrogens with one attached hydrogen (secondary N) is 2. The number of hydrogen-bond acceptors (Lipinski definition) is 4. The molecule has 0 radical (unpaired) electrons. The van der Waals surface area contributed by atoms with E-state index in [9.17, 15) is 26.4 Å². The molecule has 6 nitrogen and oxygen atoms in total. The quantitative estimate of drug-likeness (QED) is 0.640. The van der Waals surface area contributed by atoms with E-state index >= 15 is 0 Å². The van der Waals surface area contributed by atoms with Gasteiger partial charge in [0.25, 0.3) is 15.9 Å². The molecular formula is C18H18ClF3N2O4S. The Morgan fingerprint density at radius 3 is 2.38 bits per heavy atom. The molecule has 2 rings (SSSR count). The number of para-hydroxylation sites is 1. The van der Waals surface area contributed by atoms with Crippen molar-refractivity contribution in [2.75, 3.05) is 17.9 Å². The Kier molecular flexibility index (Phi) is 7.50. The Labute approximate surface area is 171 Å². The van der Waals surface area contributed by atoms with Gasteiger partial charge in [-0.1, -0.05) is 23.7 Å². The van der Waals surface area contributed by atoms with E-state index in [2.05, 4.69) is 14.8 Å². The second-order valence-electron chi connectivity index (χ2n) is 6.11. The molecule has 158 valence electrons. The lowest BCUT2D eigenvalue weighted by Crippen LogP contribution is -2.37. The minimum Gasteiger partial charge on any atom is -0.370 e. The minimum absolute atomic E-state index is 0.00714. The maximum atomic E-state index is 12.5. The van der Waals surface area contributed by atoms with Crippen molar-refractivity contribution in [3.63, 3.8) is 0 Å². The van der Waals surface area contributed by atoms with E-state index in [0.29, 0.717) is 5.02 Å². The number of carbonyl (C=O) groups is 1. The fourth-order valence-electron chi connectivity index (χ4n) is 2.28. The van der Waals surface area contributed by atoms with Crippen LogP contribution in [0.25, 0.3) is 0 Å². The smallest absolute Gasteiger partial charge is 0.370 e. The fraction of sp³-hybridized carbons (Fsp3) is 0.278. The second kappa shape index (κ2) is 9.47. The molecule has 2 N–H and O–H groups in total. The van der Waals surface area contributed by atoms with E-state index in [-0.39, 0.29) is 22.8 Å². The Balaban J connectivity index is 2.09. The number of anilines is 1. The third-order valence-corrected chi connectivity index (χ3v) is 5.18. The maximum absolute atomic E-state index is 12.5. The highest BCUT2D eigenvalue weighted by molar-refractivity contribution is 7.92. The molecule has 2 aromatic rings. The zero-order valence-electron chi connectivity index (χ0n) is 15.2. The zero-order chi connectivity index (χ0) is 21.7. The maximum Gasteiger partial charge on any atom is 0.411 e. The first-order valence-corrected chi connectivity index (χ1v) is 10.2. The molecule has 1 unspecified atom stereocenters. The zero-order valence-corrected chi connectivity index (χ0v) is 16.7. The topological polar surface area (TPSA) is 84.5 Å². The minimum atomic E-state index is -4.46. The molecule has 0 spiro atoms. The molecule has 0 aromatic heterocycles. The van der Waals surface area contributed by atoms with Gasteiger partial charge < -0.3 is 10.1 Å². The van der Waals surface area contributed by atoms with E-state index < -0.39 is 34.8 Å². The normalized spacial score (nSPS) is 13.0. The third kappa shape index (κ3) is 7.22. The molecule has 1 atom stereocenters. The summed E-state index contributed by atoms with van der Waals surface area (Å²) in [5.41, 5.74) is 0.0241. The van der Waals surface area contributed by atoms with Gasteiger partial charge in [0.1, 0.15) is 6.61 Å². The average molecular weight is 451 g/mol. The van der Waals surface area contributed by atoms with Crippen molar-refractivity contribution in [2.24, 2.45) is 0 Å². The van der Waals surface area contributed by atoms with Crippen LogP contribution >= 0.6 is 11.6 Å². The van der Waals surface area contributed by atoms with Crippen molar-refractivity contribution in [1.29, 1.82) is 0 Å². The number of sulfonamides is 1. The molecule has 2 aromatic carbocycles. The number of rotatable bonds is 8. The summed E-state index contributed by atoms with van der Waals surface area (Å²) in [6.45, 7) is -0.316. The van der Waals surface area contributed by atoms with E-state index in [1.165, 1.54) is 55.5 Å². The van der Waals surface area contributed by atoms with Crippen LogP contribution in [0, 0.1) is 0 Å². The van der Waals surface area contributed by atoms with Crippen LogP contribution in [0.3, 0.4) is 0 Å². The van der Waals surface area contributed by atoms with Crippen molar-refractivity contribution in [2.45, 2.75) is 24.0 Å². The summed E-state index contributed by atoms with van der Waals surface area (Å²) >= 11 is 5.76. The first-order valence-electron chi connectivity index (χ1n) is 8.31. The highest BCUT2D eigenvalue weighted by Gasteiger charge is 2.28. The first kappa shape index (κ1) is 23.0. The van der Waals surface area contributed by atoms with Crippen LogP contribution in [0.5, 0.6) is 0 Å². The molecule has 29 heavy (non-hydrogen) atoms. The first-order chi connectivity index (χ1) is 13.5. The fourth-order valence-corrected chi connectivity index (χ4v) is 3.49. The van der Waals surface area contributed by atoms with Crippen molar-refractivity contribution >= 4 is 33.2 Å². The molecular weight excluding hydrogens is 433 g/mol. The van der Waals surface area contributed by atoms with Crippen LogP contribution < -0.4 is 10.0 Å². The highest BCUT2D eigenvalue weighted by atomic mass is 35.5. The summed E-state index contributed by atoms with van der Waals surface area (Å²) in [5, 5.41) is 2.84. The van der Waals surface area contributed by atoms with Crippen molar-refractivity contribution in [1.82, 2.24) is 5.32 Å². The number of halogens is 4. The molecule has 0 saturated heterocycles. The summed E-state index contributed by atoms with van der Waals surface area (Å²) in [6.07, 6.45) is -4.46. The summed E-state index contributed by atoms with van der Waals surface area (Å²) < 4.78 is 68.3. The molecule has 0 saturated carbocycles. The van der Waals surface area contributed by atoms with Gasteiger partial charge in [-0.25, -0.2) is 8.42 Å². The highest BCUT2D eigenvalue weighted by Crippen LogP contribution is 2.21. The monoisotopic (exact) mass is 450 g/mol. The molecule has 0 bridgehead atoms. The summed E-state index contributed by atoms with van der Waals surface area (Å²) in [6, 6.07) is 10.6. The molecule has 0 aliphatic heterocycles. The van der Waals surface area contributed by atoms with Crippen LogP contribution in [0.4, 0.5) is 18.9 Å². The van der Waals surface area contributed by atoms with Crippen LogP contribution in [0.15, 0.2) is 53.4 Å². The lowest BCUT2D eigenvalue weighted by atomic mass is 10.1. The lowest BCUT2D eigenvalue weighted by molar-refractivity contribution is -0.174. The van der Waals surface area contributed by atoms with Gasteiger partial charge in [0.05, 0.1) is 22.8 Å². The molecule has 0 heterocycles. The van der Waals surface area contributed by atoms with E-state index in [1.807, 2.05) is 0 Å². The second-order valence-corrected chi connectivity index (χ2v) is 8.23. The average Bonchev–Trinajstić information content (AvgIpc) is 2.61. The van der Waals surface area contributed by atoms with Gasteiger partial charge in [-0.15, -0.1) is 0 Å².